The van der Waals surface area contributed by atoms with Crippen molar-refractivity contribution in [2.45, 2.75) is 31.1 Å². The highest BCUT2D eigenvalue weighted by atomic mass is 32.2. The highest BCUT2D eigenvalue weighted by Crippen LogP contribution is 2.28. The van der Waals surface area contributed by atoms with Crippen molar-refractivity contribution in [2.24, 2.45) is 0 Å². The van der Waals surface area contributed by atoms with E-state index in [2.05, 4.69) is 10.2 Å². The number of carbonyl (C=O) groups is 1. The summed E-state index contributed by atoms with van der Waals surface area (Å²) < 4.78 is 40.0. The molecule has 1 saturated heterocycles. The Morgan fingerprint density at radius 1 is 1.15 bits per heavy atom. The number of amides is 1. The van der Waals surface area contributed by atoms with Crippen molar-refractivity contribution in [1.82, 2.24) is 19.7 Å². The highest BCUT2D eigenvalue weighted by Gasteiger charge is 2.34. The Morgan fingerprint density at radius 3 is 2.55 bits per heavy atom. The first-order valence-corrected chi connectivity index (χ1v) is 13.5. The molecule has 0 saturated carbocycles. The number of hydrogen-bond acceptors (Lipinski definition) is 6. The van der Waals surface area contributed by atoms with Crippen LogP contribution in [0.25, 0.3) is 11.4 Å². The number of nitrogens with zero attached hydrogens (tertiary/aromatic N) is 4. The molecular formula is C23H25FN4O3S2. The smallest absolute Gasteiger partial charge is 0.233 e. The lowest BCUT2D eigenvalue weighted by Crippen LogP contribution is -2.42. The maximum Gasteiger partial charge on any atom is 0.233 e. The molecular weight excluding hydrogens is 463 g/mol. The lowest BCUT2D eigenvalue weighted by molar-refractivity contribution is -0.129. The topological polar surface area (TPSA) is 85.2 Å². The molecule has 4 rings (SSSR count). The Bertz CT molecular complexity index is 1230. The van der Waals surface area contributed by atoms with Crippen LogP contribution < -0.4 is 0 Å². The summed E-state index contributed by atoms with van der Waals surface area (Å²) in [5.41, 5.74) is 1.33. The molecule has 0 N–H and O–H groups in total. The van der Waals surface area contributed by atoms with Gasteiger partial charge in [0.1, 0.15) is 5.82 Å². The Balaban J connectivity index is 1.57. The fraction of sp³-hybridized carbons (Fsp3) is 0.348. The molecule has 1 atom stereocenters. The highest BCUT2D eigenvalue weighted by molar-refractivity contribution is 7.99. The van der Waals surface area contributed by atoms with Gasteiger partial charge in [-0.2, -0.15) is 0 Å². The van der Waals surface area contributed by atoms with Gasteiger partial charge in [-0.15, -0.1) is 10.2 Å². The molecule has 0 bridgehead atoms. The van der Waals surface area contributed by atoms with Gasteiger partial charge in [0, 0.05) is 12.6 Å². The van der Waals surface area contributed by atoms with E-state index in [9.17, 15) is 17.6 Å². The van der Waals surface area contributed by atoms with Crippen LogP contribution in [0.2, 0.25) is 0 Å². The fourth-order valence-electron chi connectivity index (χ4n) is 4.01. The second-order valence-corrected chi connectivity index (χ2v) is 11.1. The van der Waals surface area contributed by atoms with E-state index in [1.807, 2.05) is 41.8 Å². The van der Waals surface area contributed by atoms with Gasteiger partial charge in [-0.1, -0.05) is 54.2 Å². The zero-order chi connectivity index (χ0) is 23.4. The third-order valence-corrected chi connectivity index (χ3v) is 8.35. The fourth-order valence-corrected chi connectivity index (χ4v) is 6.57. The number of hydrogen-bond donors (Lipinski definition) is 0. The van der Waals surface area contributed by atoms with E-state index in [0.29, 0.717) is 36.1 Å². The molecule has 10 heteroatoms. The Morgan fingerprint density at radius 2 is 1.88 bits per heavy atom. The molecule has 1 aromatic heterocycles. The van der Waals surface area contributed by atoms with Gasteiger partial charge in [-0.3, -0.25) is 9.36 Å². The molecule has 0 radical (unpaired) electrons. The van der Waals surface area contributed by atoms with Crippen molar-refractivity contribution in [3.8, 4) is 11.4 Å². The van der Waals surface area contributed by atoms with E-state index >= 15 is 0 Å². The normalized spacial score (nSPS) is 17.2. The van der Waals surface area contributed by atoms with E-state index in [-0.39, 0.29) is 29.2 Å². The average molecular weight is 489 g/mol. The van der Waals surface area contributed by atoms with Crippen molar-refractivity contribution < 1.29 is 17.6 Å². The number of carbonyl (C=O) groups excluding carboxylic acids is 1. The second kappa shape index (κ2) is 10.0. The second-order valence-electron chi connectivity index (χ2n) is 7.88. The zero-order valence-electron chi connectivity index (χ0n) is 18.2. The van der Waals surface area contributed by atoms with Gasteiger partial charge in [0.05, 0.1) is 29.4 Å². The van der Waals surface area contributed by atoms with Crippen LogP contribution in [0.1, 0.15) is 18.9 Å². The number of aromatic nitrogens is 3. The quantitative estimate of drug-likeness (QED) is 0.453. The maximum absolute atomic E-state index is 14.5. The van der Waals surface area contributed by atoms with Crippen LogP contribution >= 0.6 is 11.8 Å². The Hall–Kier alpha value is -2.72. The predicted octanol–water partition coefficient (Wildman–Crippen LogP) is 3.26. The van der Waals surface area contributed by atoms with Crippen molar-refractivity contribution in [3.63, 3.8) is 0 Å². The van der Waals surface area contributed by atoms with Gasteiger partial charge in [-0.05, 0) is 31.0 Å². The van der Waals surface area contributed by atoms with Gasteiger partial charge < -0.3 is 4.90 Å². The van der Waals surface area contributed by atoms with Gasteiger partial charge >= 0.3 is 0 Å². The molecule has 2 heterocycles. The third kappa shape index (κ3) is 5.44. The molecule has 1 amide bonds. The number of sulfone groups is 1. The minimum Gasteiger partial charge on any atom is -0.338 e. The van der Waals surface area contributed by atoms with Crippen LogP contribution in [-0.4, -0.2) is 63.8 Å². The Kier molecular flexibility index (Phi) is 7.14. The van der Waals surface area contributed by atoms with Crippen LogP contribution in [0.15, 0.2) is 59.8 Å². The monoisotopic (exact) mass is 488 g/mol. The van der Waals surface area contributed by atoms with Crippen molar-refractivity contribution in [1.29, 1.82) is 0 Å². The summed E-state index contributed by atoms with van der Waals surface area (Å²) in [6.45, 7) is 2.71. The SMILES string of the molecule is CCN(C(=O)CSc1nnc(-c2ccccc2F)n1Cc1ccccc1)[C@H]1CCS(=O)(=O)C1. The van der Waals surface area contributed by atoms with Crippen molar-refractivity contribution in [3.05, 3.63) is 66.0 Å². The molecule has 7 nitrogen and oxygen atoms in total. The maximum atomic E-state index is 14.5. The first kappa shape index (κ1) is 23.4. The molecule has 2 aromatic carbocycles. The van der Waals surface area contributed by atoms with Crippen molar-refractivity contribution >= 4 is 27.5 Å². The van der Waals surface area contributed by atoms with Crippen LogP contribution in [-0.2, 0) is 21.2 Å². The number of thioether (sulfide) groups is 1. The summed E-state index contributed by atoms with van der Waals surface area (Å²) in [7, 11) is -3.09. The van der Waals surface area contributed by atoms with E-state index in [1.54, 1.807) is 23.1 Å². The molecule has 1 aliphatic heterocycles. The first-order valence-electron chi connectivity index (χ1n) is 10.7. The van der Waals surface area contributed by atoms with E-state index < -0.39 is 15.7 Å². The largest absolute Gasteiger partial charge is 0.338 e. The molecule has 0 aliphatic carbocycles. The van der Waals surface area contributed by atoms with Gasteiger partial charge in [0.2, 0.25) is 5.91 Å². The summed E-state index contributed by atoms with van der Waals surface area (Å²) in [5.74, 6) is 0.0679. The number of halogens is 1. The first-order chi connectivity index (χ1) is 15.9. The van der Waals surface area contributed by atoms with E-state index in [0.717, 1.165) is 5.56 Å². The molecule has 0 spiro atoms. The van der Waals surface area contributed by atoms with E-state index in [4.69, 9.17) is 0 Å². The molecule has 33 heavy (non-hydrogen) atoms. The summed E-state index contributed by atoms with van der Waals surface area (Å²) in [6.07, 6.45) is 0.466. The van der Waals surface area contributed by atoms with Crippen LogP contribution in [0, 0.1) is 5.82 Å². The molecule has 1 fully saturated rings. The minimum atomic E-state index is -3.09. The zero-order valence-corrected chi connectivity index (χ0v) is 19.9. The summed E-state index contributed by atoms with van der Waals surface area (Å²) in [5, 5.41) is 8.98. The van der Waals surface area contributed by atoms with Crippen molar-refractivity contribution in [2.75, 3.05) is 23.8 Å². The predicted molar refractivity (Wildman–Crippen MR) is 126 cm³/mol. The molecule has 0 unspecified atom stereocenters. The number of benzene rings is 2. The minimum absolute atomic E-state index is 0.0128. The molecule has 174 valence electrons. The lowest BCUT2D eigenvalue weighted by atomic mass is 10.2. The van der Waals surface area contributed by atoms with Crippen LogP contribution in [0.4, 0.5) is 4.39 Å². The molecule has 1 aliphatic rings. The summed E-state index contributed by atoms with van der Waals surface area (Å²) in [4.78, 5) is 14.6. The third-order valence-electron chi connectivity index (χ3n) is 5.65. The molecule has 3 aromatic rings. The lowest BCUT2D eigenvalue weighted by Gasteiger charge is -2.26. The van der Waals surface area contributed by atoms with E-state index in [1.165, 1.54) is 17.8 Å². The number of rotatable bonds is 8. The van der Waals surface area contributed by atoms with Crippen LogP contribution in [0.5, 0.6) is 0 Å². The average Bonchev–Trinajstić information content (AvgIpc) is 3.36. The van der Waals surface area contributed by atoms with Gasteiger partial charge in [0.25, 0.3) is 0 Å². The summed E-state index contributed by atoms with van der Waals surface area (Å²) >= 11 is 1.22. The summed E-state index contributed by atoms with van der Waals surface area (Å²) in [6, 6.07) is 15.8. The Labute approximate surface area is 196 Å². The standard InChI is InChI=1S/C23H25FN4O3S2/c1-2-27(18-12-13-33(30,31)16-18)21(29)15-32-23-26-25-22(19-10-6-7-11-20(19)24)28(23)14-17-8-4-3-5-9-17/h3-11,18H,2,12-16H2,1H3/t18-/m0/s1. The van der Waals surface area contributed by atoms with Crippen LogP contribution in [0.3, 0.4) is 0 Å². The van der Waals surface area contributed by atoms with Gasteiger partial charge in [-0.25, -0.2) is 12.8 Å². The van der Waals surface area contributed by atoms with Gasteiger partial charge in [0.15, 0.2) is 20.8 Å².